The molecular formula is C12H18N2O2. The Hall–Kier alpha value is -1.06. The lowest BCUT2D eigenvalue weighted by molar-refractivity contribution is -0.154. The first-order valence-corrected chi connectivity index (χ1v) is 6.34. The largest absolute Gasteiger partial charge is 0.331 e. The molecule has 0 bridgehead atoms. The van der Waals surface area contributed by atoms with E-state index in [0.717, 1.165) is 25.9 Å². The molecule has 3 rings (SSSR count). The molecule has 0 N–H and O–H groups in total. The molecule has 0 aromatic heterocycles. The number of amides is 2. The summed E-state index contributed by atoms with van der Waals surface area (Å²) in [7, 11) is 0. The van der Waals surface area contributed by atoms with E-state index in [0.29, 0.717) is 12.5 Å². The van der Waals surface area contributed by atoms with Crippen LogP contribution in [0.3, 0.4) is 0 Å². The first kappa shape index (κ1) is 10.1. The Morgan fingerprint density at radius 2 is 1.94 bits per heavy atom. The highest BCUT2D eigenvalue weighted by atomic mass is 16.2. The summed E-state index contributed by atoms with van der Waals surface area (Å²) in [4.78, 5) is 27.6. The second kappa shape index (κ2) is 3.75. The average molecular weight is 222 g/mol. The van der Waals surface area contributed by atoms with E-state index < -0.39 is 0 Å². The van der Waals surface area contributed by atoms with Crippen molar-refractivity contribution in [3.05, 3.63) is 0 Å². The number of piperazine rings is 1. The first-order chi connectivity index (χ1) is 7.75. The summed E-state index contributed by atoms with van der Waals surface area (Å²) >= 11 is 0. The maximum absolute atomic E-state index is 12.2. The average Bonchev–Trinajstić information content (AvgIpc) is 2.68. The van der Waals surface area contributed by atoms with E-state index in [1.807, 2.05) is 0 Å². The van der Waals surface area contributed by atoms with Gasteiger partial charge in [0.15, 0.2) is 0 Å². The SMILES string of the molecule is O=C1C2CCCN2C(=O)CN1CC1CCC1. The minimum absolute atomic E-state index is 0.124. The minimum Gasteiger partial charge on any atom is -0.331 e. The van der Waals surface area contributed by atoms with Crippen LogP contribution in [0.4, 0.5) is 0 Å². The smallest absolute Gasteiger partial charge is 0.245 e. The molecular weight excluding hydrogens is 204 g/mol. The number of carbonyl (C=O) groups is 2. The number of fused-ring (bicyclic) bond motifs is 1. The van der Waals surface area contributed by atoms with Crippen molar-refractivity contribution in [3.8, 4) is 0 Å². The van der Waals surface area contributed by atoms with Gasteiger partial charge in [-0.05, 0) is 31.6 Å². The highest BCUT2D eigenvalue weighted by Gasteiger charge is 2.42. The molecule has 2 heterocycles. The molecule has 16 heavy (non-hydrogen) atoms. The summed E-state index contributed by atoms with van der Waals surface area (Å²) in [6.45, 7) is 1.92. The molecule has 2 saturated heterocycles. The van der Waals surface area contributed by atoms with Crippen molar-refractivity contribution < 1.29 is 9.59 Å². The van der Waals surface area contributed by atoms with Gasteiger partial charge in [-0.3, -0.25) is 9.59 Å². The van der Waals surface area contributed by atoms with Gasteiger partial charge in [-0.15, -0.1) is 0 Å². The summed E-state index contributed by atoms with van der Waals surface area (Å²) in [6.07, 6.45) is 5.60. The highest BCUT2D eigenvalue weighted by Crippen LogP contribution is 2.30. The molecule has 0 aromatic carbocycles. The quantitative estimate of drug-likeness (QED) is 0.687. The molecule has 0 spiro atoms. The Kier molecular flexibility index (Phi) is 2.37. The lowest BCUT2D eigenvalue weighted by Crippen LogP contribution is -2.58. The van der Waals surface area contributed by atoms with Gasteiger partial charge in [-0.25, -0.2) is 0 Å². The van der Waals surface area contributed by atoms with Crippen molar-refractivity contribution in [1.29, 1.82) is 0 Å². The molecule has 2 amide bonds. The Morgan fingerprint density at radius 3 is 2.62 bits per heavy atom. The molecule has 0 aromatic rings. The van der Waals surface area contributed by atoms with E-state index in [2.05, 4.69) is 0 Å². The van der Waals surface area contributed by atoms with Crippen LogP contribution in [0.1, 0.15) is 32.1 Å². The van der Waals surface area contributed by atoms with Crippen molar-refractivity contribution in [3.63, 3.8) is 0 Å². The van der Waals surface area contributed by atoms with Crippen LogP contribution in [0.15, 0.2) is 0 Å². The molecule has 1 saturated carbocycles. The van der Waals surface area contributed by atoms with Crippen LogP contribution < -0.4 is 0 Å². The Morgan fingerprint density at radius 1 is 1.12 bits per heavy atom. The van der Waals surface area contributed by atoms with Crippen molar-refractivity contribution in [2.45, 2.75) is 38.1 Å². The van der Waals surface area contributed by atoms with E-state index >= 15 is 0 Å². The zero-order valence-corrected chi connectivity index (χ0v) is 9.52. The van der Waals surface area contributed by atoms with Crippen LogP contribution >= 0.6 is 0 Å². The summed E-state index contributed by atoms with van der Waals surface area (Å²) < 4.78 is 0. The van der Waals surface area contributed by atoms with Crippen LogP contribution in [0.25, 0.3) is 0 Å². The van der Waals surface area contributed by atoms with E-state index in [4.69, 9.17) is 0 Å². The summed E-state index contributed by atoms with van der Waals surface area (Å²) in [5.41, 5.74) is 0. The van der Waals surface area contributed by atoms with Crippen molar-refractivity contribution in [2.24, 2.45) is 5.92 Å². The maximum Gasteiger partial charge on any atom is 0.245 e. The number of hydrogen-bond donors (Lipinski definition) is 0. The molecule has 4 heteroatoms. The van der Waals surface area contributed by atoms with Crippen LogP contribution in [0, 0.1) is 5.92 Å². The molecule has 2 aliphatic heterocycles. The van der Waals surface area contributed by atoms with Gasteiger partial charge < -0.3 is 9.80 Å². The molecule has 3 aliphatic rings. The van der Waals surface area contributed by atoms with Crippen molar-refractivity contribution in [1.82, 2.24) is 9.80 Å². The molecule has 4 nitrogen and oxygen atoms in total. The summed E-state index contributed by atoms with van der Waals surface area (Å²) in [5.74, 6) is 1.01. The zero-order valence-electron chi connectivity index (χ0n) is 9.52. The Labute approximate surface area is 95.6 Å². The van der Waals surface area contributed by atoms with Crippen LogP contribution in [0.2, 0.25) is 0 Å². The number of carbonyl (C=O) groups excluding carboxylic acids is 2. The van der Waals surface area contributed by atoms with Gasteiger partial charge in [0.05, 0.1) is 6.54 Å². The van der Waals surface area contributed by atoms with Gasteiger partial charge in [-0.2, -0.15) is 0 Å². The van der Waals surface area contributed by atoms with E-state index in [-0.39, 0.29) is 17.9 Å². The Bertz CT molecular complexity index is 325. The fraction of sp³-hybridized carbons (Fsp3) is 0.833. The molecule has 0 radical (unpaired) electrons. The third-order valence-corrected chi connectivity index (χ3v) is 4.20. The predicted molar refractivity (Wildman–Crippen MR) is 58.7 cm³/mol. The van der Waals surface area contributed by atoms with E-state index in [9.17, 15) is 9.59 Å². The standard InChI is InChI=1S/C12H18N2O2/c15-11-8-13(7-9-3-1-4-9)12(16)10-5-2-6-14(10)11/h9-10H,1-8H2. The van der Waals surface area contributed by atoms with Gasteiger partial charge >= 0.3 is 0 Å². The number of rotatable bonds is 2. The van der Waals surface area contributed by atoms with Gasteiger partial charge in [0.2, 0.25) is 11.8 Å². The lowest BCUT2D eigenvalue weighted by atomic mass is 9.85. The van der Waals surface area contributed by atoms with E-state index in [1.54, 1.807) is 9.80 Å². The topological polar surface area (TPSA) is 40.6 Å². The maximum atomic E-state index is 12.2. The molecule has 1 aliphatic carbocycles. The molecule has 1 unspecified atom stereocenters. The lowest BCUT2D eigenvalue weighted by Gasteiger charge is -2.39. The van der Waals surface area contributed by atoms with Gasteiger partial charge in [0.25, 0.3) is 0 Å². The molecule has 88 valence electrons. The van der Waals surface area contributed by atoms with Crippen LogP contribution in [0.5, 0.6) is 0 Å². The highest BCUT2D eigenvalue weighted by molar-refractivity contribution is 5.95. The van der Waals surface area contributed by atoms with E-state index in [1.165, 1.54) is 19.3 Å². The third-order valence-electron chi connectivity index (χ3n) is 4.20. The normalized spacial score (nSPS) is 30.6. The first-order valence-electron chi connectivity index (χ1n) is 6.34. The summed E-state index contributed by atoms with van der Waals surface area (Å²) in [5, 5.41) is 0. The van der Waals surface area contributed by atoms with Gasteiger partial charge in [0.1, 0.15) is 6.04 Å². The number of hydrogen-bond acceptors (Lipinski definition) is 2. The summed E-state index contributed by atoms with van der Waals surface area (Å²) in [6, 6.07) is -0.124. The molecule has 1 atom stereocenters. The van der Waals surface area contributed by atoms with Crippen molar-refractivity contribution >= 4 is 11.8 Å². The third kappa shape index (κ3) is 1.51. The van der Waals surface area contributed by atoms with Crippen LogP contribution in [-0.4, -0.2) is 47.3 Å². The fourth-order valence-electron chi connectivity index (χ4n) is 3.01. The van der Waals surface area contributed by atoms with Crippen LogP contribution in [-0.2, 0) is 9.59 Å². The minimum atomic E-state index is -0.124. The van der Waals surface area contributed by atoms with Crippen molar-refractivity contribution in [2.75, 3.05) is 19.6 Å². The predicted octanol–water partition coefficient (Wildman–Crippen LogP) is 0.620. The molecule has 3 fully saturated rings. The van der Waals surface area contributed by atoms with Gasteiger partial charge in [0, 0.05) is 13.1 Å². The second-order valence-corrected chi connectivity index (χ2v) is 5.26. The Balaban J connectivity index is 1.70. The second-order valence-electron chi connectivity index (χ2n) is 5.26. The monoisotopic (exact) mass is 222 g/mol. The fourth-order valence-corrected chi connectivity index (χ4v) is 3.01. The van der Waals surface area contributed by atoms with Gasteiger partial charge in [-0.1, -0.05) is 6.42 Å². The number of nitrogens with zero attached hydrogens (tertiary/aromatic N) is 2. The zero-order chi connectivity index (χ0) is 11.1.